The number of nitrogens with two attached hydrogens (primary N) is 1. The van der Waals surface area contributed by atoms with Crippen LogP contribution in [0.3, 0.4) is 0 Å². The summed E-state index contributed by atoms with van der Waals surface area (Å²) in [5.74, 6) is 0.330. The summed E-state index contributed by atoms with van der Waals surface area (Å²) in [6.07, 6.45) is 21.7. The van der Waals surface area contributed by atoms with Gasteiger partial charge in [0.05, 0.1) is 6.54 Å². The lowest BCUT2D eigenvalue weighted by molar-refractivity contribution is -0.120. The maximum Gasteiger partial charge on any atom is 0.500 e. The molecule has 0 spiro atoms. The molecule has 0 fully saturated rings. The predicted octanol–water partition coefficient (Wildman–Crippen LogP) is 6.35. The molecule has 0 aliphatic heterocycles. The van der Waals surface area contributed by atoms with Crippen LogP contribution in [-0.4, -0.2) is 67.0 Å². The highest BCUT2D eigenvalue weighted by atomic mass is 28.4. The average Bonchev–Trinajstić information content (AvgIpc) is 2.84. The van der Waals surface area contributed by atoms with Crippen LogP contribution in [0.4, 0.5) is 0 Å². The fourth-order valence-electron chi connectivity index (χ4n) is 4.55. The van der Waals surface area contributed by atoms with Crippen LogP contribution < -0.4 is 5.73 Å². The van der Waals surface area contributed by atoms with Crippen LogP contribution in [0.25, 0.3) is 0 Å². The molecule has 0 heterocycles. The number of rotatable bonds is 27. The van der Waals surface area contributed by atoms with Gasteiger partial charge >= 0.3 is 8.80 Å². The minimum atomic E-state index is -2.54. The van der Waals surface area contributed by atoms with E-state index in [9.17, 15) is 4.79 Å². The molecule has 0 radical (unpaired) electrons. The van der Waals surface area contributed by atoms with Crippen LogP contribution in [0, 0.1) is 0 Å². The first-order chi connectivity index (χ1) is 16.6. The van der Waals surface area contributed by atoms with Gasteiger partial charge in [-0.1, -0.05) is 96.8 Å². The number of carbonyl (C=O) groups excluding carboxylic acids is 1. The first-order valence-electron chi connectivity index (χ1n) is 14.2. The second kappa shape index (κ2) is 24.4. The summed E-state index contributed by atoms with van der Waals surface area (Å²) in [7, 11) is 2.36. The summed E-state index contributed by atoms with van der Waals surface area (Å²) >= 11 is 0. The molecule has 0 saturated heterocycles. The molecule has 0 aromatic carbocycles. The Morgan fingerprint density at radius 3 is 1.53 bits per heavy atom. The topological polar surface area (TPSA) is 74.0 Å². The highest BCUT2D eigenvalue weighted by Crippen LogP contribution is 2.16. The van der Waals surface area contributed by atoms with E-state index in [2.05, 4.69) is 11.8 Å². The summed E-state index contributed by atoms with van der Waals surface area (Å²) < 4.78 is 16.4. The van der Waals surface area contributed by atoms with Crippen molar-refractivity contribution in [2.24, 2.45) is 5.73 Å². The smallest absolute Gasteiger partial charge is 0.377 e. The van der Waals surface area contributed by atoms with Crippen LogP contribution >= 0.6 is 0 Å². The van der Waals surface area contributed by atoms with E-state index in [1.807, 2.05) is 0 Å². The Bertz CT molecular complexity index is 442. The molecular formula is C27H58N2O4Si. The predicted molar refractivity (Wildman–Crippen MR) is 146 cm³/mol. The molecule has 0 amide bonds. The summed E-state index contributed by atoms with van der Waals surface area (Å²) in [6.45, 7) is 4.89. The molecule has 6 nitrogen and oxygen atoms in total. The summed E-state index contributed by atoms with van der Waals surface area (Å²) in [4.78, 5) is 14.6. The normalized spacial score (nSPS) is 12.1. The lowest BCUT2D eigenvalue weighted by atomic mass is 10.0. The second-order valence-electron chi connectivity index (χ2n) is 9.70. The molecule has 0 unspecified atom stereocenters. The quantitative estimate of drug-likeness (QED) is 0.104. The third-order valence-corrected chi connectivity index (χ3v) is 9.63. The second-order valence-corrected chi connectivity index (χ2v) is 12.8. The molecule has 0 atom stereocenters. The molecule has 34 heavy (non-hydrogen) atoms. The van der Waals surface area contributed by atoms with E-state index in [4.69, 9.17) is 19.0 Å². The maximum absolute atomic E-state index is 12.4. The average molecular weight is 503 g/mol. The number of hydrogen-bond acceptors (Lipinski definition) is 6. The van der Waals surface area contributed by atoms with Gasteiger partial charge in [-0.2, -0.15) is 0 Å². The van der Waals surface area contributed by atoms with Crippen molar-refractivity contribution >= 4 is 14.6 Å². The molecule has 0 saturated carbocycles. The van der Waals surface area contributed by atoms with Gasteiger partial charge < -0.3 is 19.0 Å². The Kier molecular flexibility index (Phi) is 24.2. The number of hydrogen-bond donors (Lipinski definition) is 1. The van der Waals surface area contributed by atoms with Crippen molar-refractivity contribution in [3.8, 4) is 0 Å². The van der Waals surface area contributed by atoms with Gasteiger partial charge in [-0.25, -0.2) is 0 Å². The fraction of sp³-hybridized carbons (Fsp3) is 0.963. The van der Waals surface area contributed by atoms with Crippen molar-refractivity contribution in [1.29, 1.82) is 0 Å². The van der Waals surface area contributed by atoms with E-state index < -0.39 is 8.80 Å². The Morgan fingerprint density at radius 2 is 1.12 bits per heavy atom. The molecule has 204 valence electrons. The minimum absolute atomic E-state index is 0.330. The van der Waals surface area contributed by atoms with Gasteiger partial charge in [0.15, 0.2) is 0 Å². The Labute approximate surface area is 213 Å². The third kappa shape index (κ3) is 18.9. The molecule has 0 aromatic heterocycles. The standard InChI is InChI=1S/C27H58N2O4Si/c1-5-6-7-8-9-10-11-12-13-14-15-16-17-18-19-21-27(30)26-29(24-22-28)23-20-25-34(31-2,32-3)33-4/h5-26,28H2,1-4H3. The number of ketones is 1. The van der Waals surface area contributed by atoms with Crippen LogP contribution in [-0.2, 0) is 18.1 Å². The van der Waals surface area contributed by atoms with E-state index in [-0.39, 0.29) is 0 Å². The van der Waals surface area contributed by atoms with Crippen LogP contribution in [0.15, 0.2) is 0 Å². The Hall–Kier alpha value is -0.313. The van der Waals surface area contributed by atoms with Gasteiger partial charge in [0.25, 0.3) is 0 Å². The number of Topliss-reactive ketones (excluding diaryl/α,β-unsaturated/α-hetero) is 1. The van der Waals surface area contributed by atoms with Gasteiger partial charge in [-0.05, 0) is 19.4 Å². The van der Waals surface area contributed by atoms with Crippen LogP contribution in [0.5, 0.6) is 0 Å². The number of unbranched alkanes of at least 4 members (excludes halogenated alkanes) is 14. The molecule has 7 heteroatoms. The van der Waals surface area contributed by atoms with Crippen molar-refractivity contribution in [1.82, 2.24) is 4.90 Å². The summed E-state index contributed by atoms with van der Waals surface area (Å²) in [5, 5.41) is 0. The zero-order valence-corrected chi connectivity index (χ0v) is 24.2. The zero-order valence-electron chi connectivity index (χ0n) is 23.2. The summed E-state index contributed by atoms with van der Waals surface area (Å²) in [5.41, 5.74) is 5.76. The molecule has 0 aliphatic carbocycles. The molecule has 2 N–H and O–H groups in total. The van der Waals surface area contributed by atoms with Crippen molar-refractivity contribution in [3.05, 3.63) is 0 Å². The lowest BCUT2D eigenvalue weighted by Crippen LogP contribution is -2.43. The lowest BCUT2D eigenvalue weighted by Gasteiger charge is -2.26. The Balaban J connectivity index is 3.70. The highest BCUT2D eigenvalue weighted by Gasteiger charge is 2.37. The van der Waals surface area contributed by atoms with Crippen LogP contribution in [0.2, 0.25) is 6.04 Å². The van der Waals surface area contributed by atoms with Crippen molar-refractivity contribution in [2.45, 2.75) is 122 Å². The fourth-order valence-corrected chi connectivity index (χ4v) is 6.25. The van der Waals surface area contributed by atoms with Gasteiger partial charge in [0.2, 0.25) is 0 Å². The maximum atomic E-state index is 12.4. The van der Waals surface area contributed by atoms with Gasteiger partial charge in [-0.15, -0.1) is 0 Å². The highest BCUT2D eigenvalue weighted by molar-refractivity contribution is 6.60. The van der Waals surface area contributed by atoms with Gasteiger partial charge in [-0.3, -0.25) is 9.69 Å². The van der Waals surface area contributed by atoms with E-state index in [0.29, 0.717) is 25.3 Å². The molecule has 0 aliphatic rings. The third-order valence-electron chi connectivity index (χ3n) is 6.79. The molecular weight excluding hydrogens is 444 g/mol. The summed E-state index contributed by atoms with van der Waals surface area (Å²) in [6, 6.07) is 0.741. The molecule has 0 aromatic rings. The number of nitrogens with zero attached hydrogens (tertiary/aromatic N) is 1. The van der Waals surface area contributed by atoms with E-state index in [1.165, 1.54) is 89.9 Å². The largest absolute Gasteiger partial charge is 0.500 e. The van der Waals surface area contributed by atoms with Gasteiger partial charge in [0.1, 0.15) is 5.78 Å². The van der Waals surface area contributed by atoms with Crippen molar-refractivity contribution in [2.75, 3.05) is 47.5 Å². The number of carbonyl (C=O) groups is 1. The first-order valence-corrected chi connectivity index (χ1v) is 16.1. The van der Waals surface area contributed by atoms with Crippen molar-refractivity contribution < 1.29 is 18.1 Å². The van der Waals surface area contributed by atoms with Crippen LogP contribution in [0.1, 0.15) is 116 Å². The monoisotopic (exact) mass is 502 g/mol. The first kappa shape index (κ1) is 33.7. The van der Waals surface area contributed by atoms with Gasteiger partial charge in [0, 0.05) is 46.9 Å². The van der Waals surface area contributed by atoms with E-state index >= 15 is 0 Å². The Morgan fingerprint density at radius 1 is 0.676 bits per heavy atom. The van der Waals surface area contributed by atoms with E-state index in [0.717, 1.165) is 32.0 Å². The minimum Gasteiger partial charge on any atom is -0.377 e. The molecule has 0 bridgehead atoms. The SMILES string of the molecule is CCCCCCCCCCCCCCCCCC(=O)CN(CCN)CCC[Si](OC)(OC)OC. The molecule has 0 rings (SSSR count). The van der Waals surface area contributed by atoms with Crippen molar-refractivity contribution in [3.63, 3.8) is 0 Å². The zero-order chi connectivity index (χ0) is 25.3. The van der Waals surface area contributed by atoms with E-state index in [1.54, 1.807) is 21.3 Å².